The average molecular weight is 270 g/mol. The van der Waals surface area contributed by atoms with Crippen LogP contribution in [0.2, 0.25) is 5.02 Å². The minimum absolute atomic E-state index is 0.0646. The summed E-state index contributed by atoms with van der Waals surface area (Å²) in [4.78, 5) is 14.6. The lowest BCUT2D eigenvalue weighted by Gasteiger charge is -2.28. The third-order valence-corrected chi connectivity index (χ3v) is 3.81. The Hall–Kier alpha value is -1.36. The van der Waals surface area contributed by atoms with Gasteiger partial charge in [-0.1, -0.05) is 31.9 Å². The first-order chi connectivity index (χ1) is 8.40. The van der Waals surface area contributed by atoms with Crippen LogP contribution in [-0.4, -0.2) is 15.9 Å². The van der Waals surface area contributed by atoms with Gasteiger partial charge < -0.3 is 5.32 Å². The molecule has 18 heavy (non-hydrogen) atoms. The molecule has 1 saturated carbocycles. The van der Waals surface area contributed by atoms with Crippen molar-refractivity contribution in [3.63, 3.8) is 0 Å². The number of nitrogens with one attached hydrogen (secondary N) is 1. The van der Waals surface area contributed by atoms with Crippen LogP contribution in [0.1, 0.15) is 33.1 Å². The first-order valence-corrected chi connectivity index (χ1v) is 6.34. The highest BCUT2D eigenvalue weighted by atomic mass is 35.5. The maximum atomic E-state index is 11.0. The van der Waals surface area contributed by atoms with Crippen molar-refractivity contribution in [1.82, 2.24) is 4.98 Å². The van der Waals surface area contributed by atoms with Crippen molar-refractivity contribution in [2.24, 2.45) is 5.41 Å². The van der Waals surface area contributed by atoms with Crippen LogP contribution in [0, 0.1) is 15.5 Å². The van der Waals surface area contributed by atoms with Crippen molar-refractivity contribution in [1.29, 1.82) is 0 Å². The summed E-state index contributed by atoms with van der Waals surface area (Å²) in [7, 11) is 0. The molecule has 98 valence electrons. The summed E-state index contributed by atoms with van der Waals surface area (Å²) in [5.41, 5.74) is 0.0695. The van der Waals surface area contributed by atoms with E-state index in [1.807, 2.05) is 0 Å². The molecule has 1 aromatic rings. The van der Waals surface area contributed by atoms with Crippen molar-refractivity contribution in [3.8, 4) is 0 Å². The summed E-state index contributed by atoms with van der Waals surface area (Å²) < 4.78 is 0. The summed E-state index contributed by atoms with van der Waals surface area (Å²) in [6, 6.07) is 1.55. The molecular formula is C12H16ClN3O2. The van der Waals surface area contributed by atoms with Crippen LogP contribution in [0.25, 0.3) is 0 Å². The normalized spacial score (nSPS) is 21.8. The first-order valence-electron chi connectivity index (χ1n) is 5.96. The number of nitrogens with zero attached hydrogens (tertiary/aromatic N) is 2. The SMILES string of the molecule is CC1(C)CCCC1Nc1ncc(Cl)cc1[N+](=O)[O-]. The predicted octanol–water partition coefficient (Wildman–Crippen LogP) is 3.63. The van der Waals surface area contributed by atoms with E-state index in [4.69, 9.17) is 11.6 Å². The molecule has 0 aliphatic heterocycles. The van der Waals surface area contributed by atoms with Crippen molar-refractivity contribution in [2.75, 3.05) is 5.32 Å². The van der Waals surface area contributed by atoms with Gasteiger partial charge in [-0.15, -0.1) is 0 Å². The molecule has 0 spiro atoms. The third kappa shape index (κ3) is 2.56. The van der Waals surface area contributed by atoms with Gasteiger partial charge in [0.05, 0.1) is 9.95 Å². The molecule has 1 aliphatic carbocycles. The van der Waals surface area contributed by atoms with Crippen LogP contribution in [0.4, 0.5) is 11.5 Å². The number of aromatic nitrogens is 1. The summed E-state index contributed by atoms with van der Waals surface area (Å²) in [6.45, 7) is 4.33. The maximum Gasteiger partial charge on any atom is 0.312 e. The number of hydrogen-bond acceptors (Lipinski definition) is 4. The van der Waals surface area contributed by atoms with Crippen molar-refractivity contribution >= 4 is 23.1 Å². The molecule has 1 atom stereocenters. The van der Waals surface area contributed by atoms with Crippen molar-refractivity contribution in [2.45, 2.75) is 39.2 Å². The largest absolute Gasteiger partial charge is 0.361 e. The van der Waals surface area contributed by atoms with E-state index in [9.17, 15) is 10.1 Å². The smallest absolute Gasteiger partial charge is 0.312 e. The molecule has 0 saturated heterocycles. The molecule has 0 bridgehead atoms. The highest BCUT2D eigenvalue weighted by Gasteiger charge is 2.35. The lowest BCUT2D eigenvalue weighted by Crippen LogP contribution is -2.31. The van der Waals surface area contributed by atoms with Gasteiger partial charge in [-0.25, -0.2) is 4.98 Å². The topological polar surface area (TPSA) is 68.1 Å². The van der Waals surface area contributed by atoms with E-state index in [-0.39, 0.29) is 22.2 Å². The molecule has 5 nitrogen and oxygen atoms in total. The van der Waals surface area contributed by atoms with Gasteiger partial charge in [0.1, 0.15) is 0 Å². The second-order valence-electron chi connectivity index (χ2n) is 5.36. The predicted molar refractivity (Wildman–Crippen MR) is 70.9 cm³/mol. The summed E-state index contributed by atoms with van der Waals surface area (Å²) in [5, 5.41) is 14.4. The zero-order valence-electron chi connectivity index (χ0n) is 10.4. The van der Waals surface area contributed by atoms with Gasteiger partial charge in [0.25, 0.3) is 0 Å². The Bertz CT molecular complexity index is 476. The zero-order valence-corrected chi connectivity index (χ0v) is 11.2. The van der Waals surface area contributed by atoms with Crippen LogP contribution in [0.3, 0.4) is 0 Å². The molecule has 1 heterocycles. The fourth-order valence-corrected chi connectivity index (χ4v) is 2.59. The molecule has 1 aromatic heterocycles. The van der Waals surface area contributed by atoms with Gasteiger partial charge in [-0.3, -0.25) is 10.1 Å². The fourth-order valence-electron chi connectivity index (χ4n) is 2.44. The fraction of sp³-hybridized carbons (Fsp3) is 0.583. The summed E-state index contributed by atoms with van der Waals surface area (Å²) in [6.07, 6.45) is 4.69. The van der Waals surface area contributed by atoms with E-state index in [2.05, 4.69) is 24.1 Å². The number of pyridine rings is 1. The zero-order chi connectivity index (χ0) is 13.3. The monoisotopic (exact) mass is 269 g/mol. The van der Waals surface area contributed by atoms with Gasteiger partial charge in [0.2, 0.25) is 5.82 Å². The molecule has 2 rings (SSSR count). The van der Waals surface area contributed by atoms with E-state index in [1.165, 1.54) is 12.3 Å². The second-order valence-corrected chi connectivity index (χ2v) is 5.79. The number of nitro groups is 1. The quantitative estimate of drug-likeness (QED) is 0.672. The Morgan fingerprint density at radius 3 is 2.89 bits per heavy atom. The van der Waals surface area contributed by atoms with E-state index in [1.54, 1.807) is 0 Å². The van der Waals surface area contributed by atoms with Gasteiger partial charge in [0.15, 0.2) is 0 Å². The molecule has 0 aromatic carbocycles. The maximum absolute atomic E-state index is 11.0. The molecular weight excluding hydrogens is 254 g/mol. The van der Waals surface area contributed by atoms with Crippen LogP contribution < -0.4 is 5.32 Å². The van der Waals surface area contributed by atoms with E-state index >= 15 is 0 Å². The highest BCUT2D eigenvalue weighted by molar-refractivity contribution is 6.30. The van der Waals surface area contributed by atoms with Crippen LogP contribution in [0.15, 0.2) is 12.3 Å². The van der Waals surface area contributed by atoms with E-state index in [0.717, 1.165) is 19.3 Å². The number of anilines is 1. The van der Waals surface area contributed by atoms with Crippen LogP contribution in [-0.2, 0) is 0 Å². The number of hydrogen-bond donors (Lipinski definition) is 1. The molecule has 0 amide bonds. The van der Waals surface area contributed by atoms with Crippen molar-refractivity contribution < 1.29 is 4.92 Å². The minimum atomic E-state index is -0.455. The Morgan fingerprint density at radius 2 is 2.33 bits per heavy atom. The molecule has 1 fully saturated rings. The molecule has 6 heteroatoms. The number of rotatable bonds is 3. The van der Waals surface area contributed by atoms with Crippen molar-refractivity contribution in [3.05, 3.63) is 27.4 Å². The molecule has 1 unspecified atom stereocenters. The van der Waals surface area contributed by atoms with E-state index < -0.39 is 4.92 Å². The highest BCUT2D eigenvalue weighted by Crippen LogP contribution is 2.40. The first kappa shape index (κ1) is 13.1. The molecule has 1 aliphatic rings. The lowest BCUT2D eigenvalue weighted by molar-refractivity contribution is -0.384. The van der Waals surface area contributed by atoms with Crippen LogP contribution >= 0.6 is 11.6 Å². The van der Waals surface area contributed by atoms with Gasteiger partial charge in [0, 0.05) is 18.3 Å². The Kier molecular flexibility index (Phi) is 3.43. The molecule has 1 N–H and O–H groups in total. The third-order valence-electron chi connectivity index (χ3n) is 3.60. The summed E-state index contributed by atoms with van der Waals surface area (Å²) >= 11 is 5.74. The Morgan fingerprint density at radius 1 is 1.61 bits per heavy atom. The standard InChI is InChI=1S/C12H16ClN3O2/c1-12(2)5-3-4-10(12)15-11-9(16(17)18)6-8(13)7-14-11/h6-7,10H,3-5H2,1-2H3,(H,14,15). The molecule has 0 radical (unpaired) electrons. The lowest BCUT2D eigenvalue weighted by atomic mass is 9.87. The van der Waals surface area contributed by atoms with Gasteiger partial charge >= 0.3 is 5.69 Å². The van der Waals surface area contributed by atoms with Gasteiger partial charge in [-0.05, 0) is 18.3 Å². The Labute approximate surface area is 111 Å². The minimum Gasteiger partial charge on any atom is -0.361 e. The Balaban J connectivity index is 2.26. The van der Waals surface area contributed by atoms with E-state index in [0.29, 0.717) is 5.82 Å². The number of halogens is 1. The van der Waals surface area contributed by atoms with Gasteiger partial charge in [-0.2, -0.15) is 0 Å². The average Bonchev–Trinajstić information content (AvgIpc) is 2.60. The second kappa shape index (κ2) is 4.72. The summed E-state index contributed by atoms with van der Waals surface area (Å²) in [5.74, 6) is 0.310. The van der Waals surface area contributed by atoms with Crippen LogP contribution in [0.5, 0.6) is 0 Å².